The van der Waals surface area contributed by atoms with Crippen LogP contribution in [0.2, 0.25) is 0 Å². The lowest BCUT2D eigenvalue weighted by Gasteiger charge is -2.16. The standard InChI is InChI=1S/C33H32N4O5S/c1-20-6-3-4-7-27(20)35-33(42)36-28-14-9-22(16-21(28)2)17-30(38)34-24-12-10-23(11-13-24)25-18-37(19-26(25)32(40)41)31(39)29-8-5-15-43-29/h3-16,25-26H,17-19H2,1-2H3,(H,34,38)(H,40,41)(H2,35,36,42). The molecular formula is C33H32N4O5S. The Morgan fingerprint density at radius 1 is 0.837 bits per heavy atom. The summed E-state index contributed by atoms with van der Waals surface area (Å²) in [6.45, 7) is 4.26. The van der Waals surface area contributed by atoms with Crippen molar-refractivity contribution in [2.24, 2.45) is 5.92 Å². The van der Waals surface area contributed by atoms with Gasteiger partial charge in [0.05, 0.1) is 17.2 Å². The van der Waals surface area contributed by atoms with E-state index in [1.165, 1.54) is 11.3 Å². The van der Waals surface area contributed by atoms with Gasteiger partial charge in [0.1, 0.15) is 0 Å². The minimum absolute atomic E-state index is 0.141. The van der Waals surface area contributed by atoms with Crippen molar-refractivity contribution in [1.82, 2.24) is 4.90 Å². The maximum atomic E-state index is 12.8. The van der Waals surface area contributed by atoms with Gasteiger partial charge >= 0.3 is 12.0 Å². The van der Waals surface area contributed by atoms with Crippen molar-refractivity contribution in [3.8, 4) is 0 Å². The van der Waals surface area contributed by atoms with E-state index in [1.54, 1.807) is 41.3 Å². The second-order valence-corrected chi connectivity index (χ2v) is 11.6. The average molecular weight is 597 g/mol. The molecule has 4 aromatic rings. The van der Waals surface area contributed by atoms with E-state index in [-0.39, 0.29) is 36.7 Å². The second-order valence-electron chi connectivity index (χ2n) is 10.6. The number of carboxylic acid groups (broad SMARTS) is 1. The Morgan fingerprint density at radius 2 is 1.56 bits per heavy atom. The highest BCUT2D eigenvalue weighted by Gasteiger charge is 2.40. The van der Waals surface area contributed by atoms with Crippen molar-refractivity contribution in [1.29, 1.82) is 0 Å². The van der Waals surface area contributed by atoms with Gasteiger partial charge in [0.2, 0.25) is 5.91 Å². The van der Waals surface area contributed by atoms with E-state index in [2.05, 4.69) is 16.0 Å². The van der Waals surface area contributed by atoms with E-state index >= 15 is 0 Å². The number of hydrogen-bond donors (Lipinski definition) is 4. The highest BCUT2D eigenvalue weighted by Crippen LogP contribution is 2.34. The lowest BCUT2D eigenvalue weighted by Crippen LogP contribution is -2.29. The Morgan fingerprint density at radius 3 is 2.21 bits per heavy atom. The number of aryl methyl sites for hydroxylation is 2. The number of amides is 4. The zero-order valence-electron chi connectivity index (χ0n) is 23.8. The molecule has 4 amide bonds. The molecule has 1 fully saturated rings. The smallest absolute Gasteiger partial charge is 0.323 e. The molecule has 3 aromatic carbocycles. The van der Waals surface area contributed by atoms with Crippen molar-refractivity contribution in [3.63, 3.8) is 0 Å². The predicted molar refractivity (Wildman–Crippen MR) is 168 cm³/mol. The summed E-state index contributed by atoms with van der Waals surface area (Å²) in [5.41, 5.74) is 5.35. The molecule has 0 saturated carbocycles. The third kappa shape index (κ3) is 7.10. The molecule has 1 saturated heterocycles. The van der Waals surface area contributed by atoms with Gasteiger partial charge in [-0.2, -0.15) is 0 Å². The van der Waals surface area contributed by atoms with Gasteiger partial charge in [-0.1, -0.05) is 48.5 Å². The van der Waals surface area contributed by atoms with Crippen LogP contribution in [-0.2, 0) is 16.0 Å². The minimum atomic E-state index is -0.938. The van der Waals surface area contributed by atoms with Crippen LogP contribution in [0.1, 0.15) is 37.8 Å². The summed E-state index contributed by atoms with van der Waals surface area (Å²) in [5.74, 6) is -2.36. The van der Waals surface area contributed by atoms with E-state index in [9.17, 15) is 24.3 Å². The summed E-state index contributed by atoms with van der Waals surface area (Å²) in [6, 6.07) is 23.3. The number of nitrogens with one attached hydrogen (secondary N) is 3. The van der Waals surface area contributed by atoms with Gasteiger partial charge in [0.15, 0.2) is 0 Å². The quantitative estimate of drug-likeness (QED) is 0.195. The molecule has 5 rings (SSSR count). The Labute approximate surface area is 253 Å². The van der Waals surface area contributed by atoms with Crippen LogP contribution in [-0.4, -0.2) is 46.9 Å². The first-order chi connectivity index (χ1) is 20.7. The summed E-state index contributed by atoms with van der Waals surface area (Å²) in [4.78, 5) is 52.3. The van der Waals surface area contributed by atoms with E-state index in [1.807, 2.05) is 61.7 Å². The average Bonchev–Trinajstić information content (AvgIpc) is 3.67. The van der Waals surface area contributed by atoms with Crippen LogP contribution in [0.3, 0.4) is 0 Å². The summed E-state index contributed by atoms with van der Waals surface area (Å²) in [5, 5.41) is 20.2. The first-order valence-corrected chi connectivity index (χ1v) is 14.7. The fraction of sp³-hybridized carbons (Fsp3) is 0.212. The molecule has 9 nitrogen and oxygen atoms in total. The number of thiophene rings is 1. The zero-order chi connectivity index (χ0) is 30.5. The van der Waals surface area contributed by atoms with Crippen LogP contribution in [0.4, 0.5) is 21.9 Å². The van der Waals surface area contributed by atoms with Gasteiger partial charge in [-0.05, 0) is 71.8 Å². The number of carbonyl (C=O) groups excluding carboxylic acids is 3. The summed E-state index contributed by atoms with van der Waals surface area (Å²) in [6.07, 6.45) is 0.141. The van der Waals surface area contributed by atoms with Crippen molar-refractivity contribution in [3.05, 3.63) is 111 Å². The van der Waals surface area contributed by atoms with Crippen LogP contribution in [0.5, 0.6) is 0 Å². The molecular weight excluding hydrogens is 564 g/mol. The molecule has 2 atom stereocenters. The molecule has 1 aliphatic rings. The number of para-hydroxylation sites is 1. The van der Waals surface area contributed by atoms with E-state index in [0.717, 1.165) is 27.9 Å². The molecule has 0 spiro atoms. The first kappa shape index (κ1) is 29.5. The molecule has 4 N–H and O–H groups in total. The maximum Gasteiger partial charge on any atom is 0.323 e. The summed E-state index contributed by atoms with van der Waals surface area (Å²) in [7, 11) is 0. The molecule has 2 unspecified atom stereocenters. The van der Waals surface area contributed by atoms with Gasteiger partial charge in [0, 0.05) is 36.1 Å². The second kappa shape index (κ2) is 12.9. The number of benzene rings is 3. The molecule has 10 heteroatoms. The van der Waals surface area contributed by atoms with Gasteiger partial charge in [-0.3, -0.25) is 14.4 Å². The fourth-order valence-corrected chi connectivity index (χ4v) is 5.97. The lowest BCUT2D eigenvalue weighted by atomic mass is 9.89. The van der Waals surface area contributed by atoms with Crippen LogP contribution in [0.25, 0.3) is 0 Å². The van der Waals surface area contributed by atoms with Gasteiger partial charge in [-0.15, -0.1) is 11.3 Å². The molecule has 0 aliphatic carbocycles. The fourth-order valence-electron chi connectivity index (χ4n) is 5.28. The van der Waals surface area contributed by atoms with Crippen molar-refractivity contribution in [2.75, 3.05) is 29.0 Å². The van der Waals surface area contributed by atoms with E-state index in [0.29, 0.717) is 22.8 Å². The lowest BCUT2D eigenvalue weighted by molar-refractivity contribution is -0.141. The number of carboxylic acids is 1. The molecule has 0 bridgehead atoms. The number of carbonyl (C=O) groups is 4. The molecule has 1 aromatic heterocycles. The van der Waals surface area contributed by atoms with Gasteiger partial charge in [-0.25, -0.2) is 4.79 Å². The zero-order valence-corrected chi connectivity index (χ0v) is 24.6. The number of urea groups is 1. The van der Waals surface area contributed by atoms with Gasteiger partial charge in [0.25, 0.3) is 5.91 Å². The molecule has 2 heterocycles. The number of nitrogens with zero attached hydrogens (tertiary/aromatic N) is 1. The van der Waals surface area contributed by atoms with Crippen molar-refractivity contribution >= 4 is 52.2 Å². The Kier molecular flexibility index (Phi) is 8.87. The number of anilines is 3. The summed E-state index contributed by atoms with van der Waals surface area (Å²) < 4.78 is 0. The van der Waals surface area contributed by atoms with Crippen LogP contribution >= 0.6 is 11.3 Å². The third-order valence-electron chi connectivity index (χ3n) is 7.58. The summed E-state index contributed by atoms with van der Waals surface area (Å²) >= 11 is 1.34. The number of rotatable bonds is 8. The number of hydrogen-bond acceptors (Lipinski definition) is 5. The van der Waals surface area contributed by atoms with E-state index in [4.69, 9.17) is 0 Å². The molecule has 220 valence electrons. The van der Waals surface area contributed by atoms with Gasteiger partial charge < -0.3 is 26.0 Å². The van der Waals surface area contributed by atoms with Crippen molar-refractivity contribution < 1.29 is 24.3 Å². The highest BCUT2D eigenvalue weighted by atomic mass is 32.1. The SMILES string of the molecule is Cc1ccccc1NC(=O)Nc1ccc(CC(=O)Nc2ccc(C3CN(C(=O)c4cccs4)CC3C(=O)O)cc2)cc1C. The van der Waals surface area contributed by atoms with E-state index < -0.39 is 11.9 Å². The Hall–Kier alpha value is -4.96. The topological polar surface area (TPSA) is 128 Å². The number of aliphatic carboxylic acids is 1. The Bertz CT molecular complexity index is 1650. The Balaban J connectivity index is 1.17. The number of likely N-dealkylation sites (tertiary alicyclic amines) is 1. The highest BCUT2D eigenvalue weighted by molar-refractivity contribution is 7.12. The van der Waals surface area contributed by atoms with Crippen molar-refractivity contribution in [2.45, 2.75) is 26.2 Å². The van der Waals surface area contributed by atoms with Crippen LogP contribution in [0, 0.1) is 19.8 Å². The molecule has 43 heavy (non-hydrogen) atoms. The van der Waals surface area contributed by atoms with Crippen LogP contribution < -0.4 is 16.0 Å². The molecule has 1 aliphatic heterocycles. The third-order valence-corrected chi connectivity index (χ3v) is 8.43. The minimum Gasteiger partial charge on any atom is -0.481 e. The predicted octanol–water partition coefficient (Wildman–Crippen LogP) is 6.13. The molecule has 0 radical (unpaired) electrons. The largest absolute Gasteiger partial charge is 0.481 e. The maximum absolute atomic E-state index is 12.8. The monoisotopic (exact) mass is 596 g/mol. The van der Waals surface area contributed by atoms with Crippen LogP contribution in [0.15, 0.2) is 84.2 Å². The first-order valence-electron chi connectivity index (χ1n) is 13.9. The normalized spacial score (nSPS) is 16.0.